The number of hydrogen-bond donors (Lipinski definition) is 0. The molecule has 3 heteroatoms. The van der Waals surface area contributed by atoms with Crippen LogP contribution in [0.25, 0.3) is 0 Å². The highest BCUT2D eigenvalue weighted by molar-refractivity contribution is 5.98. The molecule has 1 rings (SSSR count). The minimum atomic E-state index is -0.443. The molecule has 0 aromatic heterocycles. The van der Waals surface area contributed by atoms with Gasteiger partial charge in [0, 0.05) is 5.56 Å². The van der Waals surface area contributed by atoms with Crippen molar-refractivity contribution < 1.29 is 14.3 Å². The number of ketones is 1. The molecule has 0 unspecified atom stereocenters. The first kappa shape index (κ1) is 11.4. The average Bonchev–Trinajstić information content (AvgIpc) is 2.27. The lowest BCUT2D eigenvalue weighted by Crippen LogP contribution is -2.13. The number of Topliss-reactive ketones (excluding diaryl/α,β-unsaturated/α-hetero) is 1. The molecule has 0 atom stereocenters. The molecule has 0 amide bonds. The molecule has 0 saturated heterocycles. The van der Waals surface area contributed by atoms with Crippen molar-refractivity contribution in [3.05, 3.63) is 42.3 Å². The molecular formula is C12H13O3. The summed E-state index contributed by atoms with van der Waals surface area (Å²) in [4.78, 5) is 22.4. The van der Waals surface area contributed by atoms with Crippen molar-refractivity contribution in [1.82, 2.24) is 0 Å². The maximum absolute atomic E-state index is 11.5. The molecule has 0 aliphatic carbocycles. The number of ether oxygens (including phenoxy) is 1. The number of rotatable bonds is 5. The van der Waals surface area contributed by atoms with Crippen LogP contribution in [0.2, 0.25) is 0 Å². The van der Waals surface area contributed by atoms with Crippen LogP contribution in [0.4, 0.5) is 0 Å². The summed E-state index contributed by atoms with van der Waals surface area (Å²) < 4.78 is 4.75. The Labute approximate surface area is 89.1 Å². The molecule has 1 aromatic carbocycles. The van der Waals surface area contributed by atoms with Gasteiger partial charge in [-0.2, -0.15) is 0 Å². The van der Waals surface area contributed by atoms with Crippen molar-refractivity contribution in [3.63, 3.8) is 0 Å². The maximum Gasteiger partial charge on any atom is 0.310 e. The van der Waals surface area contributed by atoms with E-state index in [2.05, 4.69) is 0 Å². The Morgan fingerprint density at radius 3 is 2.53 bits per heavy atom. The molecule has 0 saturated carbocycles. The van der Waals surface area contributed by atoms with E-state index in [1.807, 2.05) is 13.0 Å². The van der Waals surface area contributed by atoms with Gasteiger partial charge < -0.3 is 4.74 Å². The largest absolute Gasteiger partial charge is 0.457 e. The number of esters is 1. The summed E-state index contributed by atoms with van der Waals surface area (Å²) >= 11 is 0. The topological polar surface area (TPSA) is 43.4 Å². The molecule has 3 nitrogen and oxygen atoms in total. The SMILES string of the molecule is CC[CH]C(=O)OCC(=O)c1ccccc1. The van der Waals surface area contributed by atoms with Crippen LogP contribution in [0.15, 0.2) is 30.3 Å². The van der Waals surface area contributed by atoms with Crippen LogP contribution in [0.3, 0.4) is 0 Å². The Balaban J connectivity index is 2.40. The van der Waals surface area contributed by atoms with Gasteiger partial charge in [0.05, 0.1) is 6.42 Å². The van der Waals surface area contributed by atoms with Gasteiger partial charge in [-0.3, -0.25) is 9.59 Å². The monoisotopic (exact) mass is 205 g/mol. The van der Waals surface area contributed by atoms with Gasteiger partial charge in [0.1, 0.15) is 0 Å². The fourth-order valence-electron chi connectivity index (χ4n) is 1.07. The van der Waals surface area contributed by atoms with E-state index in [4.69, 9.17) is 4.74 Å². The Morgan fingerprint density at radius 2 is 1.93 bits per heavy atom. The van der Waals surface area contributed by atoms with Crippen molar-refractivity contribution in [2.24, 2.45) is 0 Å². The predicted molar refractivity (Wildman–Crippen MR) is 56.3 cm³/mol. The zero-order valence-corrected chi connectivity index (χ0v) is 8.60. The van der Waals surface area contributed by atoms with E-state index in [9.17, 15) is 9.59 Å². The second kappa shape index (κ2) is 5.96. The van der Waals surface area contributed by atoms with Crippen LogP contribution < -0.4 is 0 Å². The minimum Gasteiger partial charge on any atom is -0.457 e. The molecule has 1 radical (unpaired) electrons. The summed E-state index contributed by atoms with van der Waals surface area (Å²) in [6, 6.07) is 8.76. The van der Waals surface area contributed by atoms with E-state index in [0.29, 0.717) is 12.0 Å². The summed E-state index contributed by atoms with van der Waals surface area (Å²) in [5, 5.41) is 0. The molecule has 15 heavy (non-hydrogen) atoms. The summed E-state index contributed by atoms with van der Waals surface area (Å²) in [6.07, 6.45) is 2.01. The van der Waals surface area contributed by atoms with Gasteiger partial charge in [-0.05, 0) is 6.42 Å². The molecule has 1 aromatic rings. The average molecular weight is 205 g/mol. The third-order valence-electron chi connectivity index (χ3n) is 1.81. The van der Waals surface area contributed by atoms with Crippen molar-refractivity contribution >= 4 is 11.8 Å². The molecule has 0 aliphatic rings. The van der Waals surface area contributed by atoms with Crippen molar-refractivity contribution in [3.8, 4) is 0 Å². The third-order valence-corrected chi connectivity index (χ3v) is 1.81. The van der Waals surface area contributed by atoms with E-state index in [-0.39, 0.29) is 12.4 Å². The fraction of sp³-hybridized carbons (Fsp3) is 0.250. The smallest absolute Gasteiger partial charge is 0.310 e. The predicted octanol–water partition coefficient (Wildman–Crippen LogP) is 2.03. The van der Waals surface area contributed by atoms with Crippen LogP contribution in [0, 0.1) is 6.42 Å². The van der Waals surface area contributed by atoms with Gasteiger partial charge in [0.2, 0.25) is 0 Å². The first-order valence-electron chi connectivity index (χ1n) is 4.82. The zero-order chi connectivity index (χ0) is 11.1. The zero-order valence-electron chi connectivity index (χ0n) is 8.60. The van der Waals surface area contributed by atoms with Gasteiger partial charge in [-0.1, -0.05) is 37.3 Å². The lowest BCUT2D eigenvalue weighted by molar-refractivity contribution is -0.138. The second-order valence-corrected chi connectivity index (χ2v) is 3.01. The van der Waals surface area contributed by atoms with Gasteiger partial charge in [-0.15, -0.1) is 0 Å². The van der Waals surface area contributed by atoms with Crippen LogP contribution in [0.5, 0.6) is 0 Å². The van der Waals surface area contributed by atoms with Gasteiger partial charge in [-0.25, -0.2) is 0 Å². The molecule has 79 valence electrons. The summed E-state index contributed by atoms with van der Waals surface area (Å²) in [6.45, 7) is 1.64. The maximum atomic E-state index is 11.5. The Morgan fingerprint density at radius 1 is 1.27 bits per heavy atom. The molecule has 0 heterocycles. The van der Waals surface area contributed by atoms with Crippen LogP contribution in [-0.2, 0) is 9.53 Å². The first-order valence-corrected chi connectivity index (χ1v) is 4.82. The van der Waals surface area contributed by atoms with Gasteiger partial charge in [0.15, 0.2) is 12.4 Å². The van der Waals surface area contributed by atoms with Gasteiger partial charge >= 0.3 is 5.97 Å². The minimum absolute atomic E-state index is 0.187. The molecule has 0 N–H and O–H groups in total. The van der Waals surface area contributed by atoms with Crippen LogP contribution >= 0.6 is 0 Å². The molecule has 0 aliphatic heterocycles. The lowest BCUT2D eigenvalue weighted by atomic mass is 10.1. The summed E-state index contributed by atoms with van der Waals surface area (Å²) in [5.41, 5.74) is 0.557. The Bertz CT molecular complexity index is 330. The summed E-state index contributed by atoms with van der Waals surface area (Å²) in [5.74, 6) is -0.629. The van der Waals surface area contributed by atoms with Crippen molar-refractivity contribution in [2.75, 3.05) is 6.61 Å². The lowest BCUT2D eigenvalue weighted by Gasteiger charge is -2.02. The standard InChI is InChI=1S/C12H13O3/c1-2-6-12(14)15-9-11(13)10-7-4-3-5-8-10/h3-8H,2,9H2,1H3. The van der Waals surface area contributed by atoms with E-state index >= 15 is 0 Å². The third kappa shape index (κ3) is 3.94. The quantitative estimate of drug-likeness (QED) is 0.545. The highest BCUT2D eigenvalue weighted by Gasteiger charge is 2.08. The van der Waals surface area contributed by atoms with Crippen molar-refractivity contribution in [2.45, 2.75) is 13.3 Å². The van der Waals surface area contributed by atoms with E-state index < -0.39 is 5.97 Å². The Hall–Kier alpha value is -1.64. The number of carbonyl (C=O) groups excluding carboxylic acids is 2. The van der Waals surface area contributed by atoms with Crippen LogP contribution in [0.1, 0.15) is 23.7 Å². The van der Waals surface area contributed by atoms with Crippen LogP contribution in [-0.4, -0.2) is 18.4 Å². The fourth-order valence-corrected chi connectivity index (χ4v) is 1.07. The highest BCUT2D eigenvalue weighted by atomic mass is 16.5. The molecule has 0 spiro atoms. The molecule has 0 bridgehead atoms. The molecular weight excluding hydrogens is 192 g/mol. The highest BCUT2D eigenvalue weighted by Crippen LogP contribution is 2.00. The summed E-state index contributed by atoms with van der Waals surface area (Å²) in [7, 11) is 0. The van der Waals surface area contributed by atoms with Gasteiger partial charge in [0.25, 0.3) is 0 Å². The van der Waals surface area contributed by atoms with E-state index in [1.54, 1.807) is 24.3 Å². The number of benzene rings is 1. The Kier molecular flexibility index (Phi) is 4.54. The second-order valence-electron chi connectivity index (χ2n) is 3.01. The number of carbonyl (C=O) groups is 2. The first-order chi connectivity index (χ1) is 7.24. The van der Waals surface area contributed by atoms with Crippen molar-refractivity contribution in [1.29, 1.82) is 0 Å². The van der Waals surface area contributed by atoms with E-state index in [0.717, 1.165) is 0 Å². The van der Waals surface area contributed by atoms with E-state index in [1.165, 1.54) is 6.42 Å². The normalized spacial score (nSPS) is 9.67. The number of hydrogen-bond acceptors (Lipinski definition) is 3. The molecule has 0 fully saturated rings.